The van der Waals surface area contributed by atoms with Crippen LogP contribution in [0.15, 0.2) is 52.2 Å². The second-order valence-corrected chi connectivity index (χ2v) is 9.82. The fourth-order valence-electron chi connectivity index (χ4n) is 3.62. The van der Waals surface area contributed by atoms with Gasteiger partial charge in [-0.25, -0.2) is 17.8 Å². The van der Waals surface area contributed by atoms with E-state index in [0.717, 1.165) is 18.0 Å². The van der Waals surface area contributed by atoms with E-state index >= 15 is 4.39 Å². The maximum absolute atomic E-state index is 15.3. The van der Waals surface area contributed by atoms with Gasteiger partial charge in [-0.2, -0.15) is 10.2 Å². The standard InChI is InChI=1S/C21H25FN8O3S/c1-12-10-17(28-27-12)24-20-19(33-4)18(16-8-9-30(3)29-16)25-21(23-2,26-20)14-7-6-13(11-15(14)22)34(5,31)32/h6-11,23,25H,1-5H3,(H2,24,26,27,28). The molecule has 0 aliphatic carbocycles. The highest BCUT2D eigenvalue weighted by Gasteiger charge is 2.41. The number of aryl methyl sites for hydroxylation is 2. The summed E-state index contributed by atoms with van der Waals surface area (Å²) >= 11 is 0. The number of hydrogen-bond acceptors (Lipinski definition) is 9. The molecule has 0 saturated carbocycles. The fraction of sp³-hybridized carbons (Fsp3) is 0.286. The van der Waals surface area contributed by atoms with Crippen LogP contribution in [0.1, 0.15) is 17.0 Å². The average molecular weight is 489 g/mol. The highest BCUT2D eigenvalue weighted by molar-refractivity contribution is 7.90. The molecule has 0 radical (unpaired) electrons. The maximum atomic E-state index is 15.3. The predicted octanol–water partition coefficient (Wildman–Crippen LogP) is 1.45. The number of nitrogens with one attached hydrogen (secondary N) is 4. The van der Waals surface area contributed by atoms with Crippen molar-refractivity contribution in [3.63, 3.8) is 0 Å². The van der Waals surface area contributed by atoms with E-state index in [1.165, 1.54) is 19.2 Å². The van der Waals surface area contributed by atoms with E-state index in [9.17, 15) is 8.42 Å². The molecule has 4 rings (SSSR count). The number of benzene rings is 1. The number of aromatic nitrogens is 4. The molecular formula is C21H25FN8O3S. The second-order valence-electron chi connectivity index (χ2n) is 7.80. The molecule has 0 fully saturated rings. The van der Waals surface area contributed by atoms with Gasteiger partial charge in [-0.1, -0.05) is 0 Å². The molecule has 0 bridgehead atoms. The lowest BCUT2D eigenvalue weighted by Crippen LogP contribution is -2.54. The number of halogens is 1. The van der Waals surface area contributed by atoms with Crippen molar-refractivity contribution in [1.29, 1.82) is 0 Å². The van der Waals surface area contributed by atoms with Gasteiger partial charge in [0.15, 0.2) is 27.2 Å². The Kier molecular flexibility index (Phi) is 5.91. The fourth-order valence-corrected chi connectivity index (χ4v) is 4.25. The maximum Gasteiger partial charge on any atom is 0.216 e. The van der Waals surface area contributed by atoms with Gasteiger partial charge in [0, 0.05) is 31.3 Å². The second kappa shape index (κ2) is 8.57. The van der Waals surface area contributed by atoms with Gasteiger partial charge in [-0.05, 0) is 38.2 Å². The van der Waals surface area contributed by atoms with E-state index in [4.69, 9.17) is 9.73 Å². The monoisotopic (exact) mass is 488 g/mol. The Balaban J connectivity index is 1.91. The van der Waals surface area contributed by atoms with Crippen LogP contribution < -0.4 is 16.0 Å². The molecule has 4 N–H and O–H groups in total. The van der Waals surface area contributed by atoms with Crippen molar-refractivity contribution in [3.8, 4) is 0 Å². The minimum atomic E-state index is -3.59. The molecule has 3 heterocycles. The molecule has 2 aromatic heterocycles. The molecule has 1 unspecified atom stereocenters. The predicted molar refractivity (Wildman–Crippen MR) is 125 cm³/mol. The first kappa shape index (κ1) is 23.4. The SMILES string of the molecule is CNC1(c2ccc(S(C)(=O)=O)cc2F)N=C(Nc2cc(C)[nH]n2)C(OC)=C(c2ccn(C)n2)N1. The Morgan fingerprint density at radius 3 is 2.53 bits per heavy atom. The summed E-state index contributed by atoms with van der Waals surface area (Å²) in [6.07, 6.45) is 2.78. The minimum Gasteiger partial charge on any atom is -0.491 e. The molecular weight excluding hydrogens is 463 g/mol. The number of aromatic amines is 1. The lowest BCUT2D eigenvalue weighted by Gasteiger charge is -2.37. The van der Waals surface area contributed by atoms with Crippen molar-refractivity contribution in [2.24, 2.45) is 12.0 Å². The highest BCUT2D eigenvalue weighted by Crippen LogP contribution is 2.33. The molecule has 0 saturated heterocycles. The van der Waals surface area contributed by atoms with Crippen molar-refractivity contribution >= 4 is 27.2 Å². The number of nitrogens with zero attached hydrogens (tertiary/aromatic N) is 4. The van der Waals surface area contributed by atoms with Crippen molar-refractivity contribution in [2.75, 3.05) is 25.7 Å². The summed E-state index contributed by atoms with van der Waals surface area (Å²) in [6, 6.07) is 7.24. The van der Waals surface area contributed by atoms with Gasteiger partial charge < -0.3 is 15.4 Å². The van der Waals surface area contributed by atoms with E-state index in [-0.39, 0.29) is 16.3 Å². The number of methoxy groups -OCH3 is 1. The van der Waals surface area contributed by atoms with Crippen LogP contribution in [-0.4, -0.2) is 54.6 Å². The van der Waals surface area contributed by atoms with Gasteiger partial charge in [-0.3, -0.25) is 15.1 Å². The Bertz CT molecular complexity index is 1410. The summed E-state index contributed by atoms with van der Waals surface area (Å²) in [4.78, 5) is 4.58. The summed E-state index contributed by atoms with van der Waals surface area (Å²) in [5.41, 5.74) is 1.86. The van der Waals surface area contributed by atoms with Crippen molar-refractivity contribution in [1.82, 2.24) is 30.6 Å². The lowest BCUT2D eigenvalue weighted by atomic mass is 10.0. The number of anilines is 1. The van der Waals surface area contributed by atoms with Gasteiger partial charge in [0.1, 0.15) is 17.2 Å². The van der Waals surface area contributed by atoms with Crippen LogP contribution in [0.25, 0.3) is 5.70 Å². The molecule has 34 heavy (non-hydrogen) atoms. The van der Waals surface area contributed by atoms with Crippen LogP contribution in [0, 0.1) is 12.7 Å². The van der Waals surface area contributed by atoms with E-state index in [1.807, 2.05) is 6.92 Å². The summed E-state index contributed by atoms with van der Waals surface area (Å²) in [6.45, 7) is 1.85. The Hall–Kier alpha value is -3.71. The third kappa shape index (κ3) is 4.26. The molecule has 1 aliphatic heterocycles. The third-order valence-electron chi connectivity index (χ3n) is 5.27. The van der Waals surface area contributed by atoms with E-state index in [2.05, 4.69) is 31.2 Å². The van der Waals surface area contributed by atoms with E-state index in [1.54, 1.807) is 37.1 Å². The van der Waals surface area contributed by atoms with Crippen LogP contribution >= 0.6 is 0 Å². The van der Waals surface area contributed by atoms with E-state index < -0.39 is 21.4 Å². The van der Waals surface area contributed by atoms with Gasteiger partial charge in [0.2, 0.25) is 5.79 Å². The average Bonchev–Trinajstić information content (AvgIpc) is 3.40. The number of H-pyrrole nitrogens is 1. The smallest absolute Gasteiger partial charge is 0.216 e. The van der Waals surface area contributed by atoms with Crippen LogP contribution in [0.2, 0.25) is 0 Å². The van der Waals surface area contributed by atoms with Crippen LogP contribution in [0.3, 0.4) is 0 Å². The zero-order chi connectivity index (χ0) is 24.7. The van der Waals surface area contributed by atoms with Crippen molar-refractivity contribution in [3.05, 3.63) is 65.1 Å². The number of rotatable bonds is 6. The van der Waals surface area contributed by atoms with E-state index in [0.29, 0.717) is 23.0 Å². The number of hydrogen-bond donors (Lipinski definition) is 4. The normalized spacial score (nSPS) is 18.5. The number of sulfone groups is 1. The Morgan fingerprint density at radius 2 is 2.00 bits per heavy atom. The Labute approximate surface area is 196 Å². The summed E-state index contributed by atoms with van der Waals surface area (Å²) in [5, 5.41) is 20.8. The largest absolute Gasteiger partial charge is 0.491 e. The molecule has 0 spiro atoms. The van der Waals surface area contributed by atoms with Gasteiger partial charge in [-0.15, -0.1) is 0 Å². The van der Waals surface area contributed by atoms with Crippen LogP contribution in [-0.2, 0) is 27.4 Å². The van der Waals surface area contributed by atoms with Gasteiger partial charge in [0.05, 0.1) is 17.6 Å². The van der Waals surface area contributed by atoms with Gasteiger partial charge >= 0.3 is 0 Å². The Morgan fingerprint density at radius 1 is 1.24 bits per heavy atom. The quantitative estimate of drug-likeness (QED) is 0.409. The molecule has 13 heteroatoms. The molecule has 1 atom stereocenters. The number of aliphatic imine (C=N–C) groups is 1. The lowest BCUT2D eigenvalue weighted by molar-refractivity contribution is 0.281. The molecule has 11 nitrogen and oxygen atoms in total. The summed E-state index contributed by atoms with van der Waals surface area (Å²) in [5.74, 6) is -1.22. The molecule has 3 aromatic rings. The first-order chi connectivity index (χ1) is 16.1. The van der Waals surface area contributed by atoms with Crippen LogP contribution in [0.5, 0.6) is 0 Å². The van der Waals surface area contributed by atoms with Gasteiger partial charge in [0.25, 0.3) is 0 Å². The highest BCUT2D eigenvalue weighted by atomic mass is 32.2. The zero-order valence-corrected chi connectivity index (χ0v) is 20.1. The molecule has 180 valence electrons. The molecule has 0 amide bonds. The topological polar surface area (TPSA) is 138 Å². The molecule has 1 aliphatic rings. The number of amidine groups is 1. The van der Waals surface area contributed by atoms with Crippen molar-refractivity contribution in [2.45, 2.75) is 17.6 Å². The zero-order valence-electron chi connectivity index (χ0n) is 19.3. The number of ether oxygens (including phenoxy) is 1. The summed E-state index contributed by atoms with van der Waals surface area (Å²) in [7, 11) is 1.27. The first-order valence-electron chi connectivity index (χ1n) is 10.2. The summed E-state index contributed by atoms with van der Waals surface area (Å²) < 4.78 is 46.5. The third-order valence-corrected chi connectivity index (χ3v) is 6.38. The molecule has 1 aromatic carbocycles. The minimum absolute atomic E-state index is 0.0727. The van der Waals surface area contributed by atoms with Crippen molar-refractivity contribution < 1.29 is 17.5 Å². The van der Waals surface area contributed by atoms with Crippen LogP contribution in [0.4, 0.5) is 10.2 Å². The first-order valence-corrected chi connectivity index (χ1v) is 12.1.